The average Bonchev–Trinajstić information content (AvgIpc) is 3.55. The summed E-state index contributed by atoms with van der Waals surface area (Å²) in [5.74, 6) is 0. The van der Waals surface area contributed by atoms with E-state index in [4.69, 9.17) is 0 Å². The number of hydrogen-bond donors (Lipinski definition) is 0. The Morgan fingerprint density at radius 3 is 1.20 bits per heavy atom. The van der Waals surface area contributed by atoms with E-state index >= 15 is 0 Å². The van der Waals surface area contributed by atoms with Crippen LogP contribution in [-0.2, 0) is 5.41 Å². The van der Waals surface area contributed by atoms with Crippen LogP contribution >= 0.6 is 0 Å². The van der Waals surface area contributed by atoms with Crippen molar-refractivity contribution in [3.05, 3.63) is 253 Å². The van der Waals surface area contributed by atoms with Gasteiger partial charge in [0.05, 0.1) is 0 Å². The van der Waals surface area contributed by atoms with Crippen LogP contribution in [0.3, 0.4) is 0 Å². The molecule has 0 radical (unpaired) electrons. The highest BCUT2D eigenvalue weighted by Crippen LogP contribution is 2.51. The molecule has 2 nitrogen and oxygen atoms in total. The average molecular weight is 783 g/mol. The summed E-state index contributed by atoms with van der Waals surface area (Å²) in [5.41, 5.74) is 19.0. The van der Waals surface area contributed by atoms with Gasteiger partial charge in [0, 0.05) is 39.5 Å². The van der Waals surface area contributed by atoms with Crippen molar-refractivity contribution in [2.24, 2.45) is 0 Å². The topological polar surface area (TPSA) is 6.48 Å². The van der Waals surface area contributed by atoms with Crippen LogP contribution in [0.4, 0.5) is 34.1 Å². The maximum absolute atomic E-state index is 2.41. The fraction of sp³-hybridized carbons (Fsp3) is 0.0508. The molecule has 9 aromatic carbocycles. The second kappa shape index (κ2) is 16.2. The molecule has 292 valence electrons. The molecule has 0 saturated carbocycles. The van der Waals surface area contributed by atoms with Crippen LogP contribution in [0.15, 0.2) is 231 Å². The first-order chi connectivity index (χ1) is 30.0. The molecular weight excluding hydrogens is 737 g/mol. The first-order valence-corrected chi connectivity index (χ1v) is 21.1. The lowest BCUT2D eigenvalue weighted by molar-refractivity contribution is 0.660. The van der Waals surface area contributed by atoms with Gasteiger partial charge < -0.3 is 9.80 Å². The first-order valence-electron chi connectivity index (χ1n) is 21.1. The Morgan fingerprint density at radius 2 is 0.656 bits per heavy atom. The van der Waals surface area contributed by atoms with Crippen LogP contribution in [0, 0.1) is 0 Å². The zero-order chi connectivity index (χ0) is 41.2. The van der Waals surface area contributed by atoms with Gasteiger partial charge in [0.15, 0.2) is 0 Å². The van der Waals surface area contributed by atoms with Gasteiger partial charge in [-0.1, -0.05) is 184 Å². The minimum absolute atomic E-state index is 0.181. The van der Waals surface area contributed by atoms with E-state index in [9.17, 15) is 0 Å². The number of nitrogens with zero attached hydrogens (tertiary/aromatic N) is 2. The van der Waals surface area contributed by atoms with Gasteiger partial charge in [0.2, 0.25) is 0 Å². The van der Waals surface area contributed by atoms with Gasteiger partial charge in [0.1, 0.15) is 0 Å². The molecule has 2 heteroatoms. The fourth-order valence-corrected chi connectivity index (χ4v) is 8.87. The highest BCUT2D eigenvalue weighted by atomic mass is 15.1. The molecule has 0 unspecified atom stereocenters. The Morgan fingerprint density at radius 1 is 0.295 bits per heavy atom. The van der Waals surface area contributed by atoms with Crippen LogP contribution < -0.4 is 9.80 Å². The molecule has 0 amide bonds. The largest absolute Gasteiger partial charge is 0.310 e. The molecule has 61 heavy (non-hydrogen) atoms. The molecule has 0 saturated heterocycles. The minimum Gasteiger partial charge on any atom is -0.310 e. The molecule has 0 aromatic heterocycles. The van der Waals surface area contributed by atoms with E-state index in [1.807, 2.05) is 0 Å². The van der Waals surface area contributed by atoms with Crippen molar-refractivity contribution in [3.63, 3.8) is 0 Å². The summed E-state index contributed by atoms with van der Waals surface area (Å²) in [6.45, 7) is 4.73. The third-order valence-corrected chi connectivity index (χ3v) is 12.0. The zero-order valence-electron chi connectivity index (χ0n) is 34.5. The Balaban J connectivity index is 0.931. The second-order valence-corrected chi connectivity index (χ2v) is 16.3. The van der Waals surface area contributed by atoms with Crippen LogP contribution in [0.1, 0.15) is 36.1 Å². The monoisotopic (exact) mass is 782 g/mol. The van der Waals surface area contributed by atoms with E-state index < -0.39 is 0 Å². The summed E-state index contributed by atoms with van der Waals surface area (Å²) in [7, 11) is 0. The molecule has 9 aromatic rings. The summed E-state index contributed by atoms with van der Waals surface area (Å²) in [6, 6.07) is 83.0. The Bertz CT molecular complexity index is 2970. The Hall–Kier alpha value is -7.68. The summed E-state index contributed by atoms with van der Waals surface area (Å²) in [4.78, 5) is 4.71. The van der Waals surface area contributed by atoms with Crippen molar-refractivity contribution in [1.82, 2.24) is 0 Å². The van der Waals surface area contributed by atoms with Crippen LogP contribution in [-0.4, -0.2) is 0 Å². The van der Waals surface area contributed by atoms with Crippen LogP contribution in [0.25, 0.3) is 45.5 Å². The lowest BCUT2D eigenvalue weighted by atomic mass is 9.81. The van der Waals surface area contributed by atoms with Gasteiger partial charge >= 0.3 is 0 Å². The van der Waals surface area contributed by atoms with Gasteiger partial charge in [-0.2, -0.15) is 0 Å². The molecule has 1 aliphatic carbocycles. The minimum atomic E-state index is -0.181. The van der Waals surface area contributed by atoms with E-state index in [1.165, 1.54) is 50.1 Å². The maximum atomic E-state index is 2.41. The number of fused-ring (bicyclic) bond motifs is 3. The lowest BCUT2D eigenvalue weighted by Crippen LogP contribution is -2.16. The maximum Gasteiger partial charge on any atom is 0.0467 e. The fourth-order valence-electron chi connectivity index (χ4n) is 8.87. The van der Waals surface area contributed by atoms with E-state index in [0.29, 0.717) is 0 Å². The smallest absolute Gasteiger partial charge is 0.0467 e. The SMILES string of the molecule is CC1(C)c2cc(C=Cc3ccc(N(c4ccccc4)c4cccc(-c5ccccc5)c4)cc3)ccc2-c2ccc(N(c3ccccc3)c3cccc(-c4ccccc4)c3)cc21. The first kappa shape index (κ1) is 37.6. The van der Waals surface area contributed by atoms with Gasteiger partial charge in [-0.15, -0.1) is 0 Å². The van der Waals surface area contributed by atoms with E-state index in [0.717, 1.165) is 39.7 Å². The Kier molecular flexibility index (Phi) is 9.96. The summed E-state index contributed by atoms with van der Waals surface area (Å²) >= 11 is 0. The number of rotatable bonds is 10. The van der Waals surface area contributed by atoms with Crippen molar-refractivity contribution in [2.45, 2.75) is 19.3 Å². The molecule has 10 rings (SSSR count). The van der Waals surface area contributed by atoms with Crippen LogP contribution in [0.5, 0.6) is 0 Å². The van der Waals surface area contributed by atoms with Crippen molar-refractivity contribution >= 4 is 46.3 Å². The summed E-state index contributed by atoms with van der Waals surface area (Å²) < 4.78 is 0. The second-order valence-electron chi connectivity index (χ2n) is 16.3. The zero-order valence-corrected chi connectivity index (χ0v) is 34.5. The molecular formula is C59H46N2. The van der Waals surface area contributed by atoms with Crippen molar-refractivity contribution in [3.8, 4) is 33.4 Å². The number of hydrogen-bond acceptors (Lipinski definition) is 2. The lowest BCUT2D eigenvalue weighted by Gasteiger charge is -2.28. The third-order valence-electron chi connectivity index (χ3n) is 12.0. The van der Waals surface area contributed by atoms with Gasteiger partial charge in [0.25, 0.3) is 0 Å². The third kappa shape index (κ3) is 7.45. The summed E-state index contributed by atoms with van der Waals surface area (Å²) in [5, 5.41) is 0. The molecule has 0 N–H and O–H groups in total. The summed E-state index contributed by atoms with van der Waals surface area (Å²) in [6.07, 6.45) is 4.47. The predicted molar refractivity (Wildman–Crippen MR) is 260 cm³/mol. The number of anilines is 6. The van der Waals surface area contributed by atoms with Crippen molar-refractivity contribution < 1.29 is 0 Å². The van der Waals surface area contributed by atoms with Crippen molar-refractivity contribution in [1.29, 1.82) is 0 Å². The van der Waals surface area contributed by atoms with Crippen LogP contribution in [0.2, 0.25) is 0 Å². The Labute approximate surface area is 360 Å². The molecule has 0 aliphatic heterocycles. The van der Waals surface area contributed by atoms with E-state index in [1.54, 1.807) is 0 Å². The normalized spacial score (nSPS) is 12.5. The van der Waals surface area contributed by atoms with E-state index in [2.05, 4.69) is 266 Å². The molecule has 0 atom stereocenters. The van der Waals surface area contributed by atoms with Gasteiger partial charge in [-0.25, -0.2) is 0 Å². The standard InChI is InChI=1S/C59H46N2/c1-59(2)57-39-44(30-29-43-31-34-51(35-32-43)60(49-23-11-5-12-24-49)52-27-15-21-47(40-52)45-17-7-3-8-18-45)33-37-55(57)56-38-36-54(42-58(56)59)61(50-25-13-6-14-26-50)53-28-16-22-48(41-53)46-19-9-4-10-20-46/h3-42H,1-2H3. The predicted octanol–water partition coefficient (Wildman–Crippen LogP) is 16.4. The van der Waals surface area contributed by atoms with E-state index in [-0.39, 0.29) is 5.41 Å². The van der Waals surface area contributed by atoms with Crippen molar-refractivity contribution in [2.75, 3.05) is 9.80 Å². The van der Waals surface area contributed by atoms with Gasteiger partial charge in [-0.05, 0) is 128 Å². The van der Waals surface area contributed by atoms with Gasteiger partial charge in [-0.3, -0.25) is 0 Å². The quantitative estimate of drug-likeness (QED) is 0.128. The highest BCUT2D eigenvalue weighted by Gasteiger charge is 2.36. The molecule has 0 bridgehead atoms. The number of para-hydroxylation sites is 2. The number of benzene rings is 9. The molecule has 0 heterocycles. The molecule has 1 aliphatic rings. The highest BCUT2D eigenvalue weighted by molar-refractivity contribution is 5.88. The molecule has 0 spiro atoms. The molecule has 0 fully saturated rings.